The molecule has 0 bridgehead atoms. The van der Waals surface area contributed by atoms with Crippen molar-refractivity contribution in [3.8, 4) is 11.9 Å². The van der Waals surface area contributed by atoms with Crippen LogP contribution >= 0.6 is 0 Å². The Morgan fingerprint density at radius 2 is 2.17 bits per heavy atom. The average Bonchev–Trinajstić information content (AvgIpc) is 3.08. The van der Waals surface area contributed by atoms with Crippen molar-refractivity contribution in [2.45, 2.75) is 26.1 Å². The van der Waals surface area contributed by atoms with Crippen molar-refractivity contribution in [2.75, 3.05) is 13.2 Å². The number of alkyl halides is 3. The van der Waals surface area contributed by atoms with E-state index in [1.54, 1.807) is 36.1 Å². The number of fused-ring (bicyclic) bond motifs is 1. The first-order chi connectivity index (χ1) is 14.2. The molecule has 0 spiro atoms. The second-order valence-corrected chi connectivity index (χ2v) is 6.50. The molecule has 0 aromatic carbocycles. The van der Waals surface area contributed by atoms with Gasteiger partial charge >= 0.3 is 6.18 Å². The maximum absolute atomic E-state index is 12.3. The Morgan fingerprint density at radius 3 is 2.87 bits per heavy atom. The quantitative estimate of drug-likeness (QED) is 0.591. The molecule has 0 unspecified atom stereocenters. The number of hydrogen-bond donors (Lipinski definition) is 1. The molecular weight excluding hydrogens is 401 g/mol. The molecule has 0 atom stereocenters. The second kappa shape index (κ2) is 8.77. The third-order valence-electron chi connectivity index (χ3n) is 4.06. The summed E-state index contributed by atoms with van der Waals surface area (Å²) in [7, 11) is 0. The van der Waals surface area contributed by atoms with E-state index in [2.05, 4.69) is 20.4 Å². The molecule has 156 valence electrons. The van der Waals surface area contributed by atoms with Gasteiger partial charge in [-0.1, -0.05) is 0 Å². The van der Waals surface area contributed by atoms with Crippen molar-refractivity contribution < 1.29 is 22.7 Å². The molecule has 3 rings (SSSR count). The topological polar surface area (TPSA) is 106 Å². The fourth-order valence-electron chi connectivity index (χ4n) is 2.82. The molecular formula is C19H17F3N6O2. The van der Waals surface area contributed by atoms with Crippen LogP contribution < -0.4 is 10.1 Å². The number of rotatable bonds is 7. The number of halogens is 3. The molecule has 0 saturated heterocycles. The average molecular weight is 418 g/mol. The van der Waals surface area contributed by atoms with Gasteiger partial charge in [-0.25, -0.2) is 4.98 Å². The fourth-order valence-corrected chi connectivity index (χ4v) is 2.82. The standard InChI is InChI=1S/C19H17F3N6O2/c1-12-6-13(8-26-18(12)30-11-19(20,21)22)9-28-10-14-15(27-28)2-4-24-16(14)7-17(29)25-5-3-23/h2,4,6,8,10H,5,7,9,11H2,1H3,(H,25,29). The van der Waals surface area contributed by atoms with Gasteiger partial charge in [0.05, 0.1) is 30.2 Å². The SMILES string of the molecule is Cc1cc(Cn2cc3c(CC(=O)NCC#N)nccc3n2)cnc1OCC(F)(F)F. The minimum Gasteiger partial charge on any atom is -0.468 e. The molecule has 0 aliphatic heterocycles. The van der Waals surface area contributed by atoms with E-state index in [1.807, 2.05) is 6.07 Å². The Hall–Kier alpha value is -3.68. The Morgan fingerprint density at radius 1 is 1.37 bits per heavy atom. The number of aryl methyl sites for hydroxylation is 1. The lowest BCUT2D eigenvalue weighted by molar-refractivity contribution is -0.154. The molecule has 0 saturated carbocycles. The van der Waals surface area contributed by atoms with Gasteiger partial charge in [-0.05, 0) is 24.6 Å². The molecule has 3 aromatic heterocycles. The van der Waals surface area contributed by atoms with E-state index >= 15 is 0 Å². The van der Waals surface area contributed by atoms with E-state index in [-0.39, 0.29) is 24.8 Å². The van der Waals surface area contributed by atoms with Crippen molar-refractivity contribution in [2.24, 2.45) is 0 Å². The summed E-state index contributed by atoms with van der Waals surface area (Å²) in [6, 6.07) is 5.23. The summed E-state index contributed by atoms with van der Waals surface area (Å²) in [6.07, 6.45) is 0.291. The highest BCUT2D eigenvalue weighted by atomic mass is 19.4. The van der Waals surface area contributed by atoms with E-state index in [9.17, 15) is 18.0 Å². The molecule has 8 nitrogen and oxygen atoms in total. The lowest BCUT2D eigenvalue weighted by atomic mass is 10.2. The van der Waals surface area contributed by atoms with Crippen molar-refractivity contribution in [1.29, 1.82) is 5.26 Å². The summed E-state index contributed by atoms with van der Waals surface area (Å²) in [5.41, 5.74) is 2.37. The highest BCUT2D eigenvalue weighted by Crippen LogP contribution is 2.21. The first-order valence-electron chi connectivity index (χ1n) is 8.85. The molecule has 0 fully saturated rings. The van der Waals surface area contributed by atoms with E-state index in [4.69, 9.17) is 10.00 Å². The maximum Gasteiger partial charge on any atom is 0.422 e. The number of nitrogens with one attached hydrogen (secondary N) is 1. The van der Waals surface area contributed by atoms with Crippen molar-refractivity contribution in [3.05, 3.63) is 47.5 Å². The van der Waals surface area contributed by atoms with Gasteiger partial charge in [0.15, 0.2) is 6.61 Å². The summed E-state index contributed by atoms with van der Waals surface area (Å²) < 4.78 is 43.3. The van der Waals surface area contributed by atoms with Crippen LogP contribution in [0.25, 0.3) is 10.9 Å². The minimum atomic E-state index is -4.43. The van der Waals surface area contributed by atoms with Crippen molar-refractivity contribution >= 4 is 16.8 Å². The van der Waals surface area contributed by atoms with Crippen LogP contribution in [0.2, 0.25) is 0 Å². The zero-order valence-corrected chi connectivity index (χ0v) is 15.9. The fraction of sp³-hybridized carbons (Fsp3) is 0.316. The zero-order valence-electron chi connectivity index (χ0n) is 15.9. The second-order valence-electron chi connectivity index (χ2n) is 6.50. The van der Waals surface area contributed by atoms with Gasteiger partial charge < -0.3 is 10.1 Å². The Bertz CT molecular complexity index is 1100. The van der Waals surface area contributed by atoms with E-state index < -0.39 is 12.8 Å². The summed E-state index contributed by atoms with van der Waals surface area (Å²) in [5.74, 6) is -0.393. The van der Waals surface area contributed by atoms with Gasteiger partial charge in [-0.3, -0.25) is 14.5 Å². The van der Waals surface area contributed by atoms with Crippen LogP contribution in [-0.2, 0) is 17.8 Å². The smallest absolute Gasteiger partial charge is 0.422 e. The predicted molar refractivity (Wildman–Crippen MR) is 99.5 cm³/mol. The molecule has 1 amide bonds. The van der Waals surface area contributed by atoms with Crippen molar-refractivity contribution in [3.63, 3.8) is 0 Å². The number of amides is 1. The number of nitriles is 1. The summed E-state index contributed by atoms with van der Waals surface area (Å²) in [5, 5.41) is 16.1. The number of nitrogens with zero attached hydrogens (tertiary/aromatic N) is 5. The van der Waals surface area contributed by atoms with Crippen LogP contribution in [0.3, 0.4) is 0 Å². The van der Waals surface area contributed by atoms with Gasteiger partial charge in [0, 0.05) is 29.5 Å². The number of carbonyl (C=O) groups excluding carboxylic acids is 1. The van der Waals surface area contributed by atoms with Crippen LogP contribution in [0.5, 0.6) is 5.88 Å². The molecule has 0 radical (unpaired) electrons. The van der Waals surface area contributed by atoms with Crippen LogP contribution in [0.4, 0.5) is 13.2 Å². The number of pyridine rings is 2. The molecule has 3 aromatic rings. The summed E-state index contributed by atoms with van der Waals surface area (Å²) in [4.78, 5) is 20.1. The Labute approximate surface area is 169 Å². The molecule has 11 heteroatoms. The number of ether oxygens (including phenoxy) is 1. The van der Waals surface area contributed by atoms with E-state index in [0.717, 1.165) is 5.56 Å². The third-order valence-corrected chi connectivity index (χ3v) is 4.06. The van der Waals surface area contributed by atoms with Crippen LogP contribution in [0.15, 0.2) is 30.7 Å². The van der Waals surface area contributed by atoms with Crippen molar-refractivity contribution in [1.82, 2.24) is 25.1 Å². The van der Waals surface area contributed by atoms with E-state index in [1.165, 1.54) is 6.20 Å². The highest BCUT2D eigenvalue weighted by Gasteiger charge is 2.29. The summed E-state index contributed by atoms with van der Waals surface area (Å²) >= 11 is 0. The predicted octanol–water partition coefficient (Wildman–Crippen LogP) is 2.31. The monoisotopic (exact) mass is 418 g/mol. The lowest BCUT2D eigenvalue weighted by Crippen LogP contribution is -2.25. The minimum absolute atomic E-state index is 0.0105. The van der Waals surface area contributed by atoms with Gasteiger partial charge in [0.25, 0.3) is 0 Å². The highest BCUT2D eigenvalue weighted by molar-refractivity contribution is 5.86. The zero-order chi connectivity index (χ0) is 21.7. The molecule has 0 aliphatic rings. The van der Waals surface area contributed by atoms with Gasteiger partial charge in [-0.2, -0.15) is 23.5 Å². The first kappa shape index (κ1) is 21.0. The normalized spacial score (nSPS) is 11.3. The number of hydrogen-bond acceptors (Lipinski definition) is 6. The Kier molecular flexibility index (Phi) is 6.15. The molecule has 3 heterocycles. The Balaban J connectivity index is 1.75. The van der Waals surface area contributed by atoms with Gasteiger partial charge in [-0.15, -0.1) is 0 Å². The van der Waals surface area contributed by atoms with E-state index in [0.29, 0.717) is 28.7 Å². The molecule has 30 heavy (non-hydrogen) atoms. The van der Waals surface area contributed by atoms with Gasteiger partial charge in [0.2, 0.25) is 11.8 Å². The maximum atomic E-state index is 12.3. The van der Waals surface area contributed by atoms with Crippen LogP contribution in [-0.4, -0.2) is 45.0 Å². The largest absolute Gasteiger partial charge is 0.468 e. The van der Waals surface area contributed by atoms with Crippen LogP contribution in [0.1, 0.15) is 16.8 Å². The first-order valence-corrected chi connectivity index (χ1v) is 8.85. The lowest BCUT2D eigenvalue weighted by Gasteiger charge is -2.11. The third kappa shape index (κ3) is 5.44. The summed E-state index contributed by atoms with van der Waals surface area (Å²) in [6.45, 7) is 0.456. The number of carbonyl (C=O) groups is 1. The van der Waals surface area contributed by atoms with Gasteiger partial charge in [0.1, 0.15) is 6.54 Å². The molecule has 0 aliphatic carbocycles. The van der Waals surface area contributed by atoms with Crippen LogP contribution in [0, 0.1) is 18.3 Å². The number of aromatic nitrogens is 4. The molecule has 1 N–H and O–H groups in total.